The highest BCUT2D eigenvalue weighted by molar-refractivity contribution is 5.83. The number of hydrogen-bond acceptors (Lipinski definition) is 3. The van der Waals surface area contributed by atoms with Crippen LogP contribution < -0.4 is 5.32 Å². The summed E-state index contributed by atoms with van der Waals surface area (Å²) in [6, 6.07) is 7.60. The Morgan fingerprint density at radius 1 is 1.53 bits per heavy atom. The molecule has 94 valence electrons. The molecule has 2 unspecified atom stereocenters. The van der Waals surface area contributed by atoms with Crippen molar-refractivity contribution in [2.45, 2.75) is 32.4 Å². The van der Waals surface area contributed by atoms with Crippen molar-refractivity contribution in [1.29, 1.82) is 0 Å². The summed E-state index contributed by atoms with van der Waals surface area (Å²) in [6.07, 6.45) is -0.444. The van der Waals surface area contributed by atoms with E-state index in [1.807, 2.05) is 31.2 Å². The third-order valence-corrected chi connectivity index (χ3v) is 3.03. The lowest BCUT2D eigenvalue weighted by Crippen LogP contribution is -2.52. The van der Waals surface area contributed by atoms with Crippen LogP contribution in [0, 0.1) is 6.92 Å². The lowest BCUT2D eigenvalue weighted by atomic mass is 9.95. The summed E-state index contributed by atoms with van der Waals surface area (Å²) in [5, 5.41) is 12.3. The largest absolute Gasteiger partial charge is 0.479 e. The van der Waals surface area contributed by atoms with Gasteiger partial charge in [-0.25, -0.2) is 4.79 Å². The Hall–Kier alpha value is -1.55. The van der Waals surface area contributed by atoms with Crippen LogP contribution >= 0.6 is 0 Å². The molecule has 4 nitrogen and oxygen atoms in total. The molecule has 0 amide bonds. The standard InChI is InChI=1S/C13H19NO3/c1-9-6-5-7-11(8-9)14-13(3,12(15)16)10(2)17-4/h5-8,10,14H,1-4H3,(H,15,16). The minimum atomic E-state index is -1.15. The second kappa shape index (κ2) is 5.19. The van der Waals surface area contributed by atoms with Crippen LogP contribution in [0.1, 0.15) is 19.4 Å². The zero-order chi connectivity index (χ0) is 13.1. The molecule has 0 radical (unpaired) electrons. The number of methoxy groups -OCH3 is 1. The van der Waals surface area contributed by atoms with Crippen LogP contribution in [-0.4, -0.2) is 29.8 Å². The van der Waals surface area contributed by atoms with E-state index < -0.39 is 17.6 Å². The van der Waals surface area contributed by atoms with Crippen LogP contribution in [0.25, 0.3) is 0 Å². The molecule has 0 saturated carbocycles. The molecule has 0 aliphatic heterocycles. The molecule has 0 saturated heterocycles. The number of benzene rings is 1. The number of carboxylic acid groups (broad SMARTS) is 1. The van der Waals surface area contributed by atoms with E-state index in [0.717, 1.165) is 11.3 Å². The second-order valence-corrected chi connectivity index (χ2v) is 4.38. The highest BCUT2D eigenvalue weighted by atomic mass is 16.5. The van der Waals surface area contributed by atoms with Crippen LogP contribution in [0.3, 0.4) is 0 Å². The topological polar surface area (TPSA) is 58.6 Å². The van der Waals surface area contributed by atoms with Crippen LogP contribution in [0.4, 0.5) is 5.69 Å². The second-order valence-electron chi connectivity index (χ2n) is 4.38. The van der Waals surface area contributed by atoms with Crippen LogP contribution in [0.5, 0.6) is 0 Å². The first-order chi connectivity index (χ1) is 7.90. The van der Waals surface area contributed by atoms with Gasteiger partial charge in [0.15, 0.2) is 5.54 Å². The summed E-state index contributed by atoms with van der Waals surface area (Å²) in [5.41, 5.74) is 0.703. The molecule has 0 spiro atoms. The van der Waals surface area contributed by atoms with Gasteiger partial charge in [0.25, 0.3) is 0 Å². The van der Waals surface area contributed by atoms with E-state index in [1.165, 1.54) is 7.11 Å². The first kappa shape index (κ1) is 13.5. The summed E-state index contributed by atoms with van der Waals surface area (Å²) in [6.45, 7) is 5.31. The maximum Gasteiger partial charge on any atom is 0.331 e. The number of hydrogen-bond donors (Lipinski definition) is 2. The van der Waals surface area contributed by atoms with Gasteiger partial charge >= 0.3 is 5.97 Å². The fraction of sp³-hybridized carbons (Fsp3) is 0.462. The van der Waals surface area contributed by atoms with Crippen molar-refractivity contribution in [3.05, 3.63) is 29.8 Å². The molecule has 2 atom stereocenters. The summed E-state index contributed by atoms with van der Waals surface area (Å²) < 4.78 is 5.14. The van der Waals surface area contributed by atoms with Gasteiger partial charge in [0.1, 0.15) is 0 Å². The summed E-state index contributed by atoms with van der Waals surface area (Å²) in [5.74, 6) is -0.937. The van der Waals surface area contributed by atoms with Gasteiger partial charge in [0, 0.05) is 12.8 Å². The number of carbonyl (C=O) groups is 1. The summed E-state index contributed by atoms with van der Waals surface area (Å²) >= 11 is 0. The highest BCUT2D eigenvalue weighted by Gasteiger charge is 2.39. The van der Waals surface area contributed by atoms with E-state index in [2.05, 4.69) is 5.32 Å². The number of nitrogens with one attached hydrogen (secondary N) is 1. The zero-order valence-electron chi connectivity index (χ0n) is 10.7. The van der Waals surface area contributed by atoms with Gasteiger partial charge in [-0.2, -0.15) is 0 Å². The highest BCUT2D eigenvalue weighted by Crippen LogP contribution is 2.21. The number of aliphatic carboxylic acids is 1. The molecule has 0 bridgehead atoms. The van der Waals surface area contributed by atoms with E-state index in [0.29, 0.717) is 0 Å². The molecule has 1 aromatic carbocycles. The van der Waals surface area contributed by atoms with Crippen LogP contribution in [0.15, 0.2) is 24.3 Å². The molecule has 0 aliphatic rings. The van der Waals surface area contributed by atoms with Crippen molar-refractivity contribution < 1.29 is 14.6 Å². The first-order valence-corrected chi connectivity index (χ1v) is 5.51. The quantitative estimate of drug-likeness (QED) is 0.825. The Labute approximate surface area is 102 Å². The van der Waals surface area contributed by atoms with Crippen LogP contribution in [-0.2, 0) is 9.53 Å². The SMILES string of the molecule is COC(C)C(C)(Nc1cccc(C)c1)C(=O)O. The van der Waals surface area contributed by atoms with Gasteiger partial charge in [-0.15, -0.1) is 0 Å². The Kier molecular flexibility index (Phi) is 4.12. The molecule has 1 rings (SSSR count). The minimum absolute atomic E-state index is 0.444. The van der Waals surface area contributed by atoms with Gasteiger partial charge in [-0.1, -0.05) is 12.1 Å². The monoisotopic (exact) mass is 237 g/mol. The first-order valence-electron chi connectivity index (χ1n) is 5.51. The number of aryl methyl sites for hydroxylation is 1. The third kappa shape index (κ3) is 2.97. The average Bonchev–Trinajstić information content (AvgIpc) is 2.27. The van der Waals surface area contributed by atoms with E-state index >= 15 is 0 Å². The van der Waals surface area contributed by atoms with Gasteiger partial charge in [-0.3, -0.25) is 0 Å². The predicted molar refractivity (Wildman–Crippen MR) is 67.3 cm³/mol. The smallest absolute Gasteiger partial charge is 0.331 e. The molecule has 2 N–H and O–H groups in total. The van der Waals surface area contributed by atoms with Crippen molar-refractivity contribution in [1.82, 2.24) is 0 Å². The average molecular weight is 237 g/mol. The normalized spacial score (nSPS) is 16.0. The number of ether oxygens (including phenoxy) is 1. The van der Waals surface area contributed by atoms with Crippen molar-refractivity contribution in [3.63, 3.8) is 0 Å². The Balaban J connectivity index is 2.99. The molecule has 4 heteroatoms. The molecular formula is C13H19NO3. The van der Waals surface area contributed by atoms with Crippen molar-refractivity contribution in [2.75, 3.05) is 12.4 Å². The van der Waals surface area contributed by atoms with Gasteiger partial charge in [-0.05, 0) is 38.5 Å². The Morgan fingerprint density at radius 2 is 2.18 bits per heavy atom. The lowest BCUT2D eigenvalue weighted by molar-refractivity contribution is -0.146. The number of carboxylic acids is 1. The maximum absolute atomic E-state index is 11.4. The molecule has 0 aromatic heterocycles. The Morgan fingerprint density at radius 3 is 2.65 bits per heavy atom. The molecular weight excluding hydrogens is 218 g/mol. The fourth-order valence-electron chi connectivity index (χ4n) is 1.59. The Bertz CT molecular complexity index is 405. The fourth-order valence-corrected chi connectivity index (χ4v) is 1.59. The molecule has 0 fully saturated rings. The summed E-state index contributed by atoms with van der Waals surface area (Å²) in [7, 11) is 1.50. The number of rotatable bonds is 5. The molecule has 17 heavy (non-hydrogen) atoms. The maximum atomic E-state index is 11.4. The van der Waals surface area contributed by atoms with E-state index in [1.54, 1.807) is 13.8 Å². The van der Waals surface area contributed by atoms with E-state index in [9.17, 15) is 9.90 Å². The number of anilines is 1. The minimum Gasteiger partial charge on any atom is -0.479 e. The van der Waals surface area contributed by atoms with Gasteiger partial charge < -0.3 is 15.2 Å². The molecule has 0 aliphatic carbocycles. The van der Waals surface area contributed by atoms with Crippen molar-refractivity contribution in [2.24, 2.45) is 0 Å². The van der Waals surface area contributed by atoms with Gasteiger partial charge in [0.2, 0.25) is 0 Å². The summed E-state index contributed by atoms with van der Waals surface area (Å²) in [4.78, 5) is 11.4. The molecule has 0 heterocycles. The zero-order valence-corrected chi connectivity index (χ0v) is 10.7. The van der Waals surface area contributed by atoms with Crippen LogP contribution in [0.2, 0.25) is 0 Å². The van der Waals surface area contributed by atoms with Gasteiger partial charge in [0.05, 0.1) is 6.10 Å². The lowest BCUT2D eigenvalue weighted by Gasteiger charge is -2.32. The molecule has 1 aromatic rings. The van der Waals surface area contributed by atoms with E-state index in [-0.39, 0.29) is 0 Å². The van der Waals surface area contributed by atoms with Crippen molar-refractivity contribution in [3.8, 4) is 0 Å². The van der Waals surface area contributed by atoms with E-state index in [4.69, 9.17) is 4.74 Å². The third-order valence-electron chi connectivity index (χ3n) is 3.03. The predicted octanol–water partition coefficient (Wildman–Crippen LogP) is 2.29. The van der Waals surface area contributed by atoms with Crippen molar-refractivity contribution >= 4 is 11.7 Å².